The first-order valence-corrected chi connectivity index (χ1v) is 13.1. The van der Waals surface area contributed by atoms with Gasteiger partial charge in [-0.2, -0.15) is 0 Å². The van der Waals surface area contributed by atoms with E-state index in [9.17, 15) is 18.0 Å². The van der Waals surface area contributed by atoms with Gasteiger partial charge in [0.2, 0.25) is 21.8 Å². The van der Waals surface area contributed by atoms with E-state index in [2.05, 4.69) is 5.32 Å². The monoisotopic (exact) mass is 473 g/mol. The van der Waals surface area contributed by atoms with Gasteiger partial charge in [0.05, 0.1) is 11.9 Å². The van der Waals surface area contributed by atoms with E-state index in [4.69, 9.17) is 0 Å². The van der Waals surface area contributed by atoms with Crippen LogP contribution in [0.25, 0.3) is 0 Å². The molecule has 2 aromatic rings. The Morgan fingerprint density at radius 2 is 1.70 bits per heavy atom. The van der Waals surface area contributed by atoms with Crippen LogP contribution >= 0.6 is 0 Å². The van der Waals surface area contributed by atoms with Crippen LogP contribution in [-0.4, -0.2) is 51.0 Å². The maximum atomic E-state index is 13.1. The lowest BCUT2D eigenvalue weighted by atomic mass is 10.1. The van der Waals surface area contributed by atoms with Crippen molar-refractivity contribution in [1.82, 2.24) is 10.2 Å². The first-order chi connectivity index (χ1) is 15.6. The molecule has 0 aliphatic rings. The van der Waals surface area contributed by atoms with Crippen molar-refractivity contribution >= 4 is 27.5 Å². The lowest BCUT2D eigenvalue weighted by Crippen LogP contribution is -2.47. The zero-order valence-electron chi connectivity index (χ0n) is 20.2. The van der Waals surface area contributed by atoms with Crippen LogP contribution in [0.5, 0.6) is 0 Å². The van der Waals surface area contributed by atoms with Crippen molar-refractivity contribution in [2.24, 2.45) is 0 Å². The van der Waals surface area contributed by atoms with Crippen LogP contribution in [0.3, 0.4) is 0 Å². The summed E-state index contributed by atoms with van der Waals surface area (Å²) < 4.78 is 26.1. The largest absolute Gasteiger partial charge is 0.357 e. The van der Waals surface area contributed by atoms with E-state index in [1.165, 1.54) is 10.6 Å². The van der Waals surface area contributed by atoms with Crippen LogP contribution in [0.15, 0.2) is 48.5 Å². The fourth-order valence-electron chi connectivity index (χ4n) is 3.66. The Morgan fingerprint density at radius 3 is 2.24 bits per heavy atom. The zero-order chi connectivity index (χ0) is 24.6. The maximum absolute atomic E-state index is 13.1. The number of hydrogen-bond acceptors (Lipinski definition) is 4. The van der Waals surface area contributed by atoms with Crippen molar-refractivity contribution < 1.29 is 18.0 Å². The number of aryl methyl sites for hydroxylation is 2. The fraction of sp³-hybridized carbons (Fsp3) is 0.440. The van der Waals surface area contributed by atoms with Crippen LogP contribution in [0.1, 0.15) is 43.4 Å². The minimum atomic E-state index is -3.50. The Balaban J connectivity index is 2.14. The Morgan fingerprint density at radius 1 is 1.06 bits per heavy atom. The third-order valence-corrected chi connectivity index (χ3v) is 6.99. The summed E-state index contributed by atoms with van der Waals surface area (Å²) in [4.78, 5) is 27.0. The van der Waals surface area contributed by atoms with Crippen molar-refractivity contribution in [1.29, 1.82) is 0 Å². The highest BCUT2D eigenvalue weighted by atomic mass is 32.2. The first kappa shape index (κ1) is 26.4. The third kappa shape index (κ3) is 7.32. The molecule has 0 fully saturated rings. The van der Waals surface area contributed by atoms with Gasteiger partial charge in [-0.1, -0.05) is 43.3 Å². The number of nitrogens with zero attached hydrogens (tertiary/aromatic N) is 2. The number of hydrogen-bond donors (Lipinski definition) is 1. The molecule has 0 saturated heterocycles. The minimum Gasteiger partial charge on any atom is -0.357 e. The smallest absolute Gasteiger partial charge is 0.242 e. The molecule has 0 aromatic heterocycles. The summed E-state index contributed by atoms with van der Waals surface area (Å²) in [5.74, 6) is -0.435. The Hall–Kier alpha value is -2.87. The number of nitrogens with one attached hydrogen (secondary N) is 1. The van der Waals surface area contributed by atoms with Gasteiger partial charge >= 0.3 is 0 Å². The highest BCUT2D eigenvalue weighted by Gasteiger charge is 2.26. The lowest BCUT2D eigenvalue weighted by molar-refractivity contribution is -0.140. The molecule has 0 aliphatic heterocycles. The number of sulfonamides is 1. The predicted molar refractivity (Wildman–Crippen MR) is 133 cm³/mol. The van der Waals surface area contributed by atoms with Crippen LogP contribution in [0.4, 0.5) is 5.69 Å². The quantitative estimate of drug-likeness (QED) is 0.543. The molecule has 0 aliphatic carbocycles. The molecule has 1 atom stereocenters. The van der Waals surface area contributed by atoms with E-state index < -0.39 is 16.1 Å². The molecule has 2 amide bonds. The molecule has 2 rings (SSSR count). The lowest BCUT2D eigenvalue weighted by Gasteiger charge is -2.29. The van der Waals surface area contributed by atoms with Gasteiger partial charge < -0.3 is 10.2 Å². The van der Waals surface area contributed by atoms with E-state index in [0.717, 1.165) is 23.1 Å². The standard InChI is InChI=1S/C25H35N3O4S/c1-6-21-13-15-23(16-14-21)28(33(5,31)32)17-9-12-24(29)27(20(3)25(30)26-4)18-22-11-8-7-10-19(22)2/h7-8,10-11,13-16,20H,6,9,12,17-18H2,1-5H3,(H,26,30)/t20-/m1/s1. The van der Waals surface area contributed by atoms with Crippen molar-refractivity contribution in [3.8, 4) is 0 Å². The molecule has 1 N–H and O–H groups in total. The number of rotatable bonds is 11. The minimum absolute atomic E-state index is 0.131. The number of carbonyl (C=O) groups excluding carboxylic acids is 2. The van der Waals surface area contributed by atoms with Gasteiger partial charge in [-0.05, 0) is 55.5 Å². The topological polar surface area (TPSA) is 86.8 Å². The molecule has 8 heteroatoms. The first-order valence-electron chi connectivity index (χ1n) is 11.2. The van der Waals surface area contributed by atoms with Crippen molar-refractivity contribution in [3.63, 3.8) is 0 Å². The van der Waals surface area contributed by atoms with Gasteiger partial charge in [0, 0.05) is 26.6 Å². The van der Waals surface area contributed by atoms with Crippen molar-refractivity contribution in [2.75, 3.05) is 24.2 Å². The van der Waals surface area contributed by atoms with Crippen LogP contribution in [-0.2, 0) is 32.6 Å². The summed E-state index contributed by atoms with van der Waals surface area (Å²) in [5.41, 5.74) is 3.71. The number of amides is 2. The summed E-state index contributed by atoms with van der Waals surface area (Å²) in [7, 11) is -1.95. The van der Waals surface area contributed by atoms with Crippen LogP contribution in [0.2, 0.25) is 0 Å². The Labute approximate surface area is 197 Å². The van der Waals surface area contributed by atoms with Gasteiger partial charge in [-0.15, -0.1) is 0 Å². The van der Waals surface area contributed by atoms with E-state index in [0.29, 0.717) is 18.7 Å². The van der Waals surface area contributed by atoms with E-state index in [-0.39, 0.29) is 24.8 Å². The fourth-order valence-corrected chi connectivity index (χ4v) is 4.63. The molecule has 180 valence electrons. The van der Waals surface area contributed by atoms with Crippen molar-refractivity contribution in [2.45, 2.75) is 52.6 Å². The number of likely N-dealkylation sites (N-methyl/N-ethyl adjacent to an activating group) is 1. The highest BCUT2D eigenvalue weighted by molar-refractivity contribution is 7.92. The Bertz CT molecular complexity index is 1050. The van der Waals surface area contributed by atoms with Gasteiger partial charge in [0.1, 0.15) is 6.04 Å². The third-order valence-electron chi connectivity index (χ3n) is 5.80. The summed E-state index contributed by atoms with van der Waals surface area (Å²) in [6.07, 6.45) is 2.51. The van der Waals surface area contributed by atoms with E-state index in [1.54, 1.807) is 31.0 Å². The average Bonchev–Trinajstić information content (AvgIpc) is 2.79. The molecule has 33 heavy (non-hydrogen) atoms. The number of benzene rings is 2. The second-order valence-corrected chi connectivity index (χ2v) is 10.1. The Kier molecular flexibility index (Phi) is 9.46. The molecule has 0 spiro atoms. The maximum Gasteiger partial charge on any atom is 0.242 e. The molecular weight excluding hydrogens is 438 g/mol. The van der Waals surface area contributed by atoms with Crippen LogP contribution < -0.4 is 9.62 Å². The predicted octanol–water partition coefficient (Wildman–Crippen LogP) is 3.27. The summed E-state index contributed by atoms with van der Waals surface area (Å²) in [6, 6.07) is 14.5. The van der Waals surface area contributed by atoms with Gasteiger partial charge in [-0.25, -0.2) is 8.42 Å². The zero-order valence-corrected chi connectivity index (χ0v) is 21.0. The number of anilines is 1. The van der Waals surface area contributed by atoms with Gasteiger partial charge in [0.25, 0.3) is 0 Å². The van der Waals surface area contributed by atoms with Crippen molar-refractivity contribution in [3.05, 3.63) is 65.2 Å². The normalized spacial score (nSPS) is 12.2. The number of carbonyl (C=O) groups is 2. The second kappa shape index (κ2) is 11.8. The van der Waals surface area contributed by atoms with Crippen LogP contribution in [0, 0.1) is 6.92 Å². The summed E-state index contributed by atoms with van der Waals surface area (Å²) >= 11 is 0. The molecule has 0 unspecified atom stereocenters. The second-order valence-electron chi connectivity index (χ2n) is 8.20. The van der Waals surface area contributed by atoms with E-state index in [1.807, 2.05) is 50.2 Å². The average molecular weight is 474 g/mol. The molecule has 0 heterocycles. The summed E-state index contributed by atoms with van der Waals surface area (Å²) in [6.45, 7) is 6.21. The molecule has 0 radical (unpaired) electrons. The van der Waals surface area contributed by atoms with Gasteiger partial charge in [0.15, 0.2) is 0 Å². The SMILES string of the molecule is CCc1ccc(N(CCCC(=O)N(Cc2ccccc2C)[C@H](C)C(=O)NC)S(C)(=O)=O)cc1. The molecule has 2 aromatic carbocycles. The van der Waals surface area contributed by atoms with Gasteiger partial charge in [-0.3, -0.25) is 13.9 Å². The van der Waals surface area contributed by atoms with E-state index >= 15 is 0 Å². The molecule has 0 saturated carbocycles. The summed E-state index contributed by atoms with van der Waals surface area (Å²) in [5, 5.41) is 2.61. The molecular formula is C25H35N3O4S. The molecule has 0 bridgehead atoms. The molecule has 7 nitrogen and oxygen atoms in total. The highest BCUT2D eigenvalue weighted by Crippen LogP contribution is 2.20.